The normalized spacial score (nSPS) is 14.2. The molecule has 0 radical (unpaired) electrons. The minimum Gasteiger partial charge on any atom is -0.310 e. The third kappa shape index (κ3) is 4.17. The van der Waals surface area contributed by atoms with E-state index in [1.807, 2.05) is 0 Å². The molecule has 1 heterocycles. The SMILES string of the molecule is CN(Cc1cccc(N2c3ccccc3Cc3ccccc32)c1)Cc1ccc2c(c1)-c1ccccc1C21c2ccccc2-c2ccccc21. The highest BCUT2D eigenvalue weighted by Crippen LogP contribution is 2.62. The van der Waals surface area contributed by atoms with Gasteiger partial charge in [0.25, 0.3) is 0 Å². The van der Waals surface area contributed by atoms with Crippen molar-refractivity contribution in [2.75, 3.05) is 11.9 Å². The van der Waals surface area contributed by atoms with Crippen molar-refractivity contribution in [3.8, 4) is 22.3 Å². The summed E-state index contributed by atoms with van der Waals surface area (Å²) in [7, 11) is 2.24. The fourth-order valence-electron chi connectivity index (χ4n) is 9.09. The molecular formula is C47H36N2. The lowest BCUT2D eigenvalue weighted by Gasteiger charge is -2.33. The largest absolute Gasteiger partial charge is 0.310 e. The quantitative estimate of drug-likeness (QED) is 0.187. The van der Waals surface area contributed by atoms with Crippen molar-refractivity contribution in [1.29, 1.82) is 0 Å². The third-order valence-corrected chi connectivity index (χ3v) is 11.0. The van der Waals surface area contributed by atoms with Crippen LogP contribution in [-0.4, -0.2) is 11.9 Å². The first-order valence-electron chi connectivity index (χ1n) is 17.4. The van der Waals surface area contributed by atoms with E-state index in [-0.39, 0.29) is 5.41 Å². The van der Waals surface area contributed by atoms with Crippen LogP contribution in [0.2, 0.25) is 0 Å². The number of nitrogens with zero attached hydrogens (tertiary/aromatic N) is 2. The molecule has 0 fully saturated rings. The Balaban J connectivity index is 0.983. The molecule has 234 valence electrons. The molecule has 1 aliphatic heterocycles. The summed E-state index contributed by atoms with van der Waals surface area (Å²) in [6.07, 6.45) is 0.969. The molecule has 49 heavy (non-hydrogen) atoms. The number of hydrogen-bond donors (Lipinski definition) is 0. The second-order valence-corrected chi connectivity index (χ2v) is 13.9. The van der Waals surface area contributed by atoms with Gasteiger partial charge in [-0.05, 0) is 104 Å². The van der Waals surface area contributed by atoms with Gasteiger partial charge in [0.05, 0.1) is 5.41 Å². The van der Waals surface area contributed by atoms with E-state index in [4.69, 9.17) is 0 Å². The van der Waals surface area contributed by atoms with Gasteiger partial charge in [0.1, 0.15) is 0 Å². The summed E-state index contributed by atoms with van der Waals surface area (Å²) in [6.45, 7) is 1.73. The Kier molecular flexibility index (Phi) is 6.31. The molecule has 0 unspecified atom stereocenters. The van der Waals surface area contributed by atoms with E-state index >= 15 is 0 Å². The summed E-state index contributed by atoms with van der Waals surface area (Å²) in [4.78, 5) is 4.88. The minimum absolute atomic E-state index is 0.282. The van der Waals surface area contributed by atoms with Gasteiger partial charge >= 0.3 is 0 Å². The minimum atomic E-state index is -0.282. The lowest BCUT2D eigenvalue weighted by atomic mass is 9.70. The molecule has 10 rings (SSSR count). The molecule has 2 heteroatoms. The monoisotopic (exact) mass is 628 g/mol. The standard InChI is InChI=1S/C47H36N2/c1-48(30-32-13-12-16-36(27-32)49-45-23-10-2-14-34(45)29-35-15-3-11-24-46(35)49)31-33-25-26-44-40(28-33)39-19-6-9-22-43(39)47(44)41-20-7-4-17-37(41)38-18-5-8-21-42(38)47/h2-28H,29-31H2,1H3. The van der Waals surface area contributed by atoms with Crippen LogP contribution in [-0.2, 0) is 24.9 Å². The Labute approximate surface area is 288 Å². The van der Waals surface area contributed by atoms with Crippen LogP contribution in [0.5, 0.6) is 0 Å². The molecular weight excluding hydrogens is 593 g/mol. The van der Waals surface area contributed by atoms with Gasteiger partial charge in [-0.3, -0.25) is 4.90 Å². The van der Waals surface area contributed by atoms with Gasteiger partial charge in [0.2, 0.25) is 0 Å². The molecule has 7 aromatic carbocycles. The Bertz CT molecular complexity index is 2330. The van der Waals surface area contributed by atoms with Crippen molar-refractivity contribution >= 4 is 17.1 Å². The zero-order valence-electron chi connectivity index (χ0n) is 27.6. The highest BCUT2D eigenvalue weighted by molar-refractivity contribution is 5.95. The van der Waals surface area contributed by atoms with Crippen LogP contribution in [0.25, 0.3) is 22.3 Å². The lowest BCUT2D eigenvalue weighted by molar-refractivity contribution is 0.319. The van der Waals surface area contributed by atoms with E-state index in [9.17, 15) is 0 Å². The van der Waals surface area contributed by atoms with E-state index in [1.54, 1.807) is 0 Å². The van der Waals surface area contributed by atoms with Crippen LogP contribution >= 0.6 is 0 Å². The molecule has 0 saturated heterocycles. The van der Waals surface area contributed by atoms with Crippen molar-refractivity contribution < 1.29 is 0 Å². The van der Waals surface area contributed by atoms with Crippen molar-refractivity contribution in [3.05, 3.63) is 208 Å². The molecule has 0 N–H and O–H groups in total. The zero-order chi connectivity index (χ0) is 32.5. The van der Waals surface area contributed by atoms with Gasteiger partial charge in [-0.25, -0.2) is 0 Å². The van der Waals surface area contributed by atoms with Gasteiger partial charge in [0, 0.05) is 36.6 Å². The topological polar surface area (TPSA) is 6.48 Å². The molecule has 7 aromatic rings. The lowest BCUT2D eigenvalue weighted by Crippen LogP contribution is -2.25. The molecule has 3 aliphatic rings. The zero-order valence-corrected chi connectivity index (χ0v) is 27.6. The summed E-state index contributed by atoms with van der Waals surface area (Å²) < 4.78 is 0. The van der Waals surface area contributed by atoms with Crippen molar-refractivity contribution in [1.82, 2.24) is 4.90 Å². The van der Waals surface area contributed by atoms with Gasteiger partial charge < -0.3 is 4.90 Å². The first-order chi connectivity index (χ1) is 24.2. The van der Waals surface area contributed by atoms with Crippen LogP contribution in [0.4, 0.5) is 17.1 Å². The summed E-state index contributed by atoms with van der Waals surface area (Å²) in [5.41, 5.74) is 19.8. The molecule has 0 aromatic heterocycles. The summed E-state index contributed by atoms with van der Waals surface area (Å²) in [5.74, 6) is 0. The average molecular weight is 629 g/mol. The molecule has 0 bridgehead atoms. The molecule has 0 saturated carbocycles. The van der Waals surface area contributed by atoms with E-state index < -0.39 is 0 Å². The van der Waals surface area contributed by atoms with E-state index in [0.29, 0.717) is 0 Å². The van der Waals surface area contributed by atoms with Crippen molar-refractivity contribution in [2.24, 2.45) is 0 Å². The number of hydrogen-bond acceptors (Lipinski definition) is 2. The Morgan fingerprint density at radius 1 is 0.469 bits per heavy atom. The van der Waals surface area contributed by atoms with Gasteiger partial charge in [-0.1, -0.05) is 133 Å². The van der Waals surface area contributed by atoms with Gasteiger partial charge in [0.15, 0.2) is 0 Å². The Morgan fingerprint density at radius 2 is 0.959 bits per heavy atom. The molecule has 2 aliphatic carbocycles. The number of fused-ring (bicyclic) bond motifs is 12. The van der Waals surface area contributed by atoms with Crippen LogP contribution in [0.3, 0.4) is 0 Å². The molecule has 0 amide bonds. The van der Waals surface area contributed by atoms with E-state index in [2.05, 4.69) is 181 Å². The van der Waals surface area contributed by atoms with Gasteiger partial charge in [-0.2, -0.15) is 0 Å². The van der Waals surface area contributed by atoms with Crippen LogP contribution in [0.15, 0.2) is 164 Å². The maximum Gasteiger partial charge on any atom is 0.0725 e. The number of benzene rings is 7. The predicted octanol–water partition coefficient (Wildman–Crippen LogP) is 11.0. The van der Waals surface area contributed by atoms with E-state index in [1.165, 1.54) is 83.8 Å². The van der Waals surface area contributed by atoms with Crippen molar-refractivity contribution in [3.63, 3.8) is 0 Å². The number of para-hydroxylation sites is 2. The second-order valence-electron chi connectivity index (χ2n) is 13.9. The van der Waals surface area contributed by atoms with E-state index in [0.717, 1.165) is 19.5 Å². The summed E-state index contributed by atoms with van der Waals surface area (Å²) in [5, 5.41) is 0. The molecule has 1 spiro atoms. The maximum atomic E-state index is 2.46. The second kappa shape index (κ2) is 10.9. The highest BCUT2D eigenvalue weighted by Gasteiger charge is 2.51. The Morgan fingerprint density at radius 3 is 1.57 bits per heavy atom. The Hall–Kier alpha value is -5.70. The average Bonchev–Trinajstić information content (AvgIpc) is 3.61. The fourth-order valence-corrected chi connectivity index (χ4v) is 9.09. The fraction of sp³-hybridized carbons (Fsp3) is 0.106. The first-order valence-corrected chi connectivity index (χ1v) is 17.4. The first kappa shape index (κ1) is 28.3. The summed E-state index contributed by atoms with van der Waals surface area (Å²) >= 11 is 0. The maximum absolute atomic E-state index is 2.46. The third-order valence-electron chi connectivity index (χ3n) is 11.0. The van der Waals surface area contributed by atoms with Crippen LogP contribution < -0.4 is 4.90 Å². The highest BCUT2D eigenvalue weighted by atomic mass is 15.2. The smallest absolute Gasteiger partial charge is 0.0725 e. The number of rotatable bonds is 5. The van der Waals surface area contributed by atoms with Gasteiger partial charge in [-0.15, -0.1) is 0 Å². The van der Waals surface area contributed by atoms with Crippen molar-refractivity contribution in [2.45, 2.75) is 24.9 Å². The number of anilines is 3. The summed E-state index contributed by atoms with van der Waals surface area (Å²) in [6, 6.07) is 61.1. The van der Waals surface area contributed by atoms with Crippen LogP contribution in [0.1, 0.15) is 44.5 Å². The predicted molar refractivity (Wildman–Crippen MR) is 202 cm³/mol. The van der Waals surface area contributed by atoms with Crippen LogP contribution in [0, 0.1) is 0 Å². The molecule has 0 atom stereocenters. The molecule has 2 nitrogen and oxygen atoms in total.